The van der Waals surface area contributed by atoms with Gasteiger partial charge in [0, 0.05) is 6.54 Å². The molecule has 0 amide bonds. The average molecular weight is 135 g/mol. The van der Waals surface area contributed by atoms with Gasteiger partial charge in [0.15, 0.2) is 0 Å². The van der Waals surface area contributed by atoms with E-state index in [4.69, 9.17) is 5.41 Å². The smallest absolute Gasteiger partial charge is 0.0861 e. The molecule has 0 radical (unpaired) electrons. The summed E-state index contributed by atoms with van der Waals surface area (Å²) in [6.45, 7) is 2.86. The van der Waals surface area contributed by atoms with Gasteiger partial charge in [-0.1, -0.05) is 13.3 Å². The minimum atomic E-state index is 0. The maximum absolute atomic E-state index is 6.36. The number of hydrogen-bond acceptors (Lipinski definition) is 2. The van der Waals surface area contributed by atoms with E-state index in [9.17, 15) is 0 Å². The topological polar surface area (TPSA) is 36.2 Å². The zero-order valence-electron chi connectivity index (χ0n) is 4.98. The van der Waals surface area contributed by atoms with E-state index < -0.39 is 0 Å². The minimum Gasteiger partial charge on any atom is -0.242 e. The molecule has 0 atom stereocenters. The fourth-order valence-electron chi connectivity index (χ4n) is 0.293. The lowest BCUT2D eigenvalue weighted by atomic mass is 10.3. The predicted octanol–water partition coefficient (Wildman–Crippen LogP) is 1.96. The monoisotopic (exact) mass is 134 g/mol. The van der Waals surface area contributed by atoms with Crippen LogP contribution in [0.2, 0.25) is 0 Å². The third-order valence-electron chi connectivity index (χ3n) is 0.703. The molecule has 0 aromatic carbocycles. The molecule has 48 valence electrons. The molecule has 0 unspecified atom stereocenters. The van der Waals surface area contributed by atoms with Crippen LogP contribution in [0.1, 0.15) is 19.8 Å². The van der Waals surface area contributed by atoms with Crippen molar-refractivity contribution in [3.05, 3.63) is 0 Å². The number of aliphatic imine (C=N–C) groups is 1. The highest BCUT2D eigenvalue weighted by atomic mass is 35.5. The molecule has 0 heterocycles. The highest BCUT2D eigenvalue weighted by Gasteiger charge is 1.73. The summed E-state index contributed by atoms with van der Waals surface area (Å²) in [5, 5.41) is 6.36. The molecule has 0 aromatic heterocycles. The molecule has 1 N–H and O–H groups in total. The molecule has 0 bridgehead atoms. The van der Waals surface area contributed by atoms with Gasteiger partial charge in [-0.05, 0) is 6.42 Å². The summed E-state index contributed by atoms with van der Waals surface area (Å²) in [6, 6.07) is 1.98. The van der Waals surface area contributed by atoms with E-state index in [1.54, 1.807) is 0 Å². The molecule has 0 saturated heterocycles. The Morgan fingerprint density at radius 2 is 2.25 bits per heavy atom. The first-order chi connectivity index (χ1) is 3.41. The van der Waals surface area contributed by atoms with E-state index in [1.165, 1.54) is 0 Å². The van der Waals surface area contributed by atoms with Gasteiger partial charge in [-0.15, -0.1) is 12.4 Å². The molecule has 8 heavy (non-hydrogen) atoms. The van der Waals surface area contributed by atoms with Gasteiger partial charge in [-0.3, -0.25) is 0 Å². The molecule has 0 saturated carbocycles. The van der Waals surface area contributed by atoms with Gasteiger partial charge < -0.3 is 0 Å². The largest absolute Gasteiger partial charge is 0.242 e. The van der Waals surface area contributed by atoms with Gasteiger partial charge in [0.05, 0.1) is 6.01 Å². The van der Waals surface area contributed by atoms with Gasteiger partial charge in [-0.25, -0.2) is 10.4 Å². The molecule has 0 aliphatic rings. The second-order valence-electron chi connectivity index (χ2n) is 1.35. The molecule has 0 aliphatic heterocycles. The lowest BCUT2D eigenvalue weighted by Gasteiger charge is -1.81. The van der Waals surface area contributed by atoms with Gasteiger partial charge in [0.2, 0.25) is 0 Å². The number of unbranched alkanes of at least 4 members (excludes halogenated alkanes) is 1. The van der Waals surface area contributed by atoms with Crippen LogP contribution in [0.5, 0.6) is 0 Å². The normalized spacial score (nSPS) is 6.62. The first-order valence-electron chi connectivity index (χ1n) is 2.50. The van der Waals surface area contributed by atoms with Crippen LogP contribution in [-0.2, 0) is 0 Å². The molecule has 0 rings (SSSR count). The van der Waals surface area contributed by atoms with E-state index in [0.29, 0.717) is 0 Å². The van der Waals surface area contributed by atoms with Crippen molar-refractivity contribution < 1.29 is 0 Å². The van der Waals surface area contributed by atoms with Gasteiger partial charge >= 0.3 is 0 Å². The van der Waals surface area contributed by atoms with Crippen LogP contribution < -0.4 is 0 Å². The second kappa shape index (κ2) is 9.83. The molecular weight excluding hydrogens is 124 g/mol. The van der Waals surface area contributed by atoms with Crippen molar-refractivity contribution in [2.75, 3.05) is 6.54 Å². The summed E-state index contributed by atoms with van der Waals surface area (Å²) in [4.78, 5) is 3.58. The molecular formula is C5H11ClN2. The Morgan fingerprint density at radius 1 is 1.62 bits per heavy atom. The number of nitrogens with one attached hydrogen (secondary N) is 1. The van der Waals surface area contributed by atoms with Crippen molar-refractivity contribution in [1.29, 1.82) is 5.41 Å². The van der Waals surface area contributed by atoms with E-state index in [-0.39, 0.29) is 12.4 Å². The third kappa shape index (κ3) is 9.18. The van der Waals surface area contributed by atoms with Crippen LogP contribution in [0.25, 0.3) is 0 Å². The van der Waals surface area contributed by atoms with E-state index in [1.807, 2.05) is 6.01 Å². The number of rotatable bonds is 3. The Labute approximate surface area is 55.9 Å². The van der Waals surface area contributed by atoms with E-state index in [2.05, 4.69) is 11.9 Å². The summed E-state index contributed by atoms with van der Waals surface area (Å²) in [5.41, 5.74) is 0. The number of hydrogen-bond donors (Lipinski definition) is 1. The zero-order valence-corrected chi connectivity index (χ0v) is 5.79. The fraction of sp³-hybridized carbons (Fsp3) is 0.800. The van der Waals surface area contributed by atoms with Crippen LogP contribution in [0.3, 0.4) is 0 Å². The Morgan fingerprint density at radius 3 is 2.62 bits per heavy atom. The summed E-state index contributed by atoms with van der Waals surface area (Å²) in [5.74, 6) is 0. The molecule has 2 nitrogen and oxygen atoms in total. The molecule has 0 fully saturated rings. The van der Waals surface area contributed by atoms with Crippen molar-refractivity contribution >= 4 is 18.4 Å². The fourth-order valence-corrected chi connectivity index (χ4v) is 0.293. The van der Waals surface area contributed by atoms with Crippen molar-refractivity contribution in [2.24, 2.45) is 4.99 Å². The Balaban J connectivity index is 0. The minimum absolute atomic E-state index is 0. The zero-order chi connectivity index (χ0) is 5.54. The van der Waals surface area contributed by atoms with Crippen molar-refractivity contribution in [3.63, 3.8) is 0 Å². The van der Waals surface area contributed by atoms with Gasteiger partial charge in [0.1, 0.15) is 0 Å². The van der Waals surface area contributed by atoms with Crippen LogP contribution in [0.15, 0.2) is 4.99 Å². The summed E-state index contributed by atoms with van der Waals surface area (Å²) < 4.78 is 0. The number of nitrogens with zero attached hydrogens (tertiary/aromatic N) is 1. The predicted molar refractivity (Wildman–Crippen MR) is 37.2 cm³/mol. The van der Waals surface area contributed by atoms with Crippen molar-refractivity contribution in [2.45, 2.75) is 19.8 Å². The highest BCUT2D eigenvalue weighted by molar-refractivity contribution is 5.85. The Bertz CT molecular complexity index is 76.5. The maximum Gasteiger partial charge on any atom is 0.0861 e. The van der Waals surface area contributed by atoms with Crippen molar-refractivity contribution in [3.8, 4) is 0 Å². The molecule has 0 aromatic rings. The molecule has 0 spiro atoms. The lowest BCUT2D eigenvalue weighted by Crippen LogP contribution is -1.74. The van der Waals surface area contributed by atoms with E-state index >= 15 is 0 Å². The Kier molecular flexibility index (Phi) is 13.0. The van der Waals surface area contributed by atoms with Gasteiger partial charge in [0.25, 0.3) is 0 Å². The Hall–Kier alpha value is -0.330. The summed E-state index contributed by atoms with van der Waals surface area (Å²) >= 11 is 0. The average Bonchev–Trinajstić information content (AvgIpc) is 1.69. The molecule has 3 heteroatoms. The van der Waals surface area contributed by atoms with Gasteiger partial charge in [-0.2, -0.15) is 0 Å². The number of halogens is 1. The summed E-state index contributed by atoms with van der Waals surface area (Å²) in [6.07, 6.45) is 2.22. The second-order valence-corrected chi connectivity index (χ2v) is 1.35. The quantitative estimate of drug-likeness (QED) is 0.453. The standard InChI is InChI=1S/C5H10N2.ClH/c1-2-3-4-7-5-6;/h6H,2-4H2,1H3;1H. The van der Waals surface area contributed by atoms with Crippen LogP contribution in [0.4, 0.5) is 0 Å². The van der Waals surface area contributed by atoms with Crippen LogP contribution in [0, 0.1) is 5.41 Å². The van der Waals surface area contributed by atoms with Crippen LogP contribution >= 0.6 is 12.4 Å². The van der Waals surface area contributed by atoms with Crippen LogP contribution in [-0.4, -0.2) is 12.6 Å². The van der Waals surface area contributed by atoms with E-state index in [0.717, 1.165) is 19.4 Å². The van der Waals surface area contributed by atoms with Crippen molar-refractivity contribution in [1.82, 2.24) is 0 Å². The lowest BCUT2D eigenvalue weighted by molar-refractivity contribution is 0.810. The first-order valence-corrected chi connectivity index (χ1v) is 2.50. The first kappa shape index (κ1) is 10.6. The summed E-state index contributed by atoms with van der Waals surface area (Å²) in [7, 11) is 0. The molecule has 0 aliphatic carbocycles. The maximum atomic E-state index is 6.36. The third-order valence-corrected chi connectivity index (χ3v) is 0.703. The SMILES string of the molecule is CCCCN=C=N.Cl. The highest BCUT2D eigenvalue weighted by Crippen LogP contribution is 1.83.